The lowest BCUT2D eigenvalue weighted by Gasteiger charge is -2.05. The second-order valence-corrected chi connectivity index (χ2v) is 5.73. The van der Waals surface area contributed by atoms with Crippen molar-refractivity contribution < 1.29 is 9.72 Å². The van der Waals surface area contributed by atoms with Crippen molar-refractivity contribution in [1.29, 1.82) is 0 Å². The number of rotatable bonds is 6. The number of hydrogen-bond acceptors (Lipinski definition) is 5. The van der Waals surface area contributed by atoms with E-state index < -0.39 is 4.92 Å². The van der Waals surface area contributed by atoms with Crippen molar-refractivity contribution in [2.45, 2.75) is 26.8 Å². The van der Waals surface area contributed by atoms with E-state index in [2.05, 4.69) is 15.4 Å². The number of nitrogens with one attached hydrogen (secondary N) is 1. The van der Waals surface area contributed by atoms with E-state index in [0.717, 1.165) is 11.3 Å². The van der Waals surface area contributed by atoms with Gasteiger partial charge < -0.3 is 9.72 Å². The number of nitrogens with zero attached hydrogens (tertiary/aromatic N) is 5. The Labute approximate surface area is 143 Å². The molecular formula is C16H18N6O3. The fourth-order valence-electron chi connectivity index (χ4n) is 2.74. The van der Waals surface area contributed by atoms with Gasteiger partial charge in [-0.1, -0.05) is 6.07 Å². The van der Waals surface area contributed by atoms with Gasteiger partial charge in [-0.25, -0.2) is 4.98 Å². The maximum Gasteiger partial charge on any atom is 0.312 e. The number of hydrogen-bond donors (Lipinski definition) is 1. The molecule has 0 atom stereocenters. The summed E-state index contributed by atoms with van der Waals surface area (Å²) in [5.41, 5.74) is 2.38. The summed E-state index contributed by atoms with van der Waals surface area (Å²) in [6, 6.07) is 5.76. The zero-order valence-electron chi connectivity index (χ0n) is 14.0. The molecule has 3 heterocycles. The minimum absolute atomic E-state index is 0.0440. The van der Waals surface area contributed by atoms with Gasteiger partial charge in [0.05, 0.1) is 10.6 Å². The molecule has 0 aromatic carbocycles. The highest BCUT2D eigenvalue weighted by Crippen LogP contribution is 2.21. The van der Waals surface area contributed by atoms with Gasteiger partial charge in [0.2, 0.25) is 5.91 Å². The average Bonchev–Trinajstić information content (AvgIpc) is 3.07. The Kier molecular flexibility index (Phi) is 4.46. The van der Waals surface area contributed by atoms with Gasteiger partial charge in [-0.2, -0.15) is 5.10 Å². The number of fused-ring (bicyclic) bond motifs is 1. The van der Waals surface area contributed by atoms with Gasteiger partial charge in [-0.15, -0.1) is 0 Å². The molecule has 0 saturated carbocycles. The largest absolute Gasteiger partial charge is 0.354 e. The molecule has 3 aromatic rings. The fourth-order valence-corrected chi connectivity index (χ4v) is 2.74. The number of aromatic nitrogens is 4. The second kappa shape index (κ2) is 6.71. The number of imidazole rings is 1. The number of amides is 1. The van der Waals surface area contributed by atoms with Crippen molar-refractivity contribution in [1.82, 2.24) is 24.5 Å². The van der Waals surface area contributed by atoms with Gasteiger partial charge >= 0.3 is 5.69 Å². The third kappa shape index (κ3) is 3.49. The SMILES string of the molecule is Cc1nn(CC(=O)NCCc2cn3ccccc3n2)c(C)c1[N+](=O)[O-]. The van der Waals surface area contributed by atoms with Crippen LogP contribution in [0.2, 0.25) is 0 Å². The summed E-state index contributed by atoms with van der Waals surface area (Å²) < 4.78 is 3.28. The molecule has 1 N–H and O–H groups in total. The highest BCUT2D eigenvalue weighted by Gasteiger charge is 2.22. The molecule has 0 radical (unpaired) electrons. The maximum absolute atomic E-state index is 12.1. The summed E-state index contributed by atoms with van der Waals surface area (Å²) in [6.07, 6.45) is 4.44. The van der Waals surface area contributed by atoms with Crippen molar-refractivity contribution in [2.24, 2.45) is 0 Å². The van der Waals surface area contributed by atoms with Crippen LogP contribution in [0.3, 0.4) is 0 Å². The van der Waals surface area contributed by atoms with Gasteiger partial charge in [0.1, 0.15) is 23.6 Å². The van der Waals surface area contributed by atoms with Crippen LogP contribution in [0.5, 0.6) is 0 Å². The van der Waals surface area contributed by atoms with Crippen molar-refractivity contribution in [3.63, 3.8) is 0 Å². The summed E-state index contributed by atoms with van der Waals surface area (Å²) in [5, 5.41) is 17.8. The van der Waals surface area contributed by atoms with Crippen molar-refractivity contribution in [3.8, 4) is 0 Å². The molecule has 9 heteroatoms. The van der Waals surface area contributed by atoms with Crippen molar-refractivity contribution in [2.75, 3.05) is 6.54 Å². The van der Waals surface area contributed by atoms with E-state index in [1.807, 2.05) is 35.0 Å². The average molecular weight is 342 g/mol. The predicted octanol–water partition coefficient (Wildman–Crippen LogP) is 1.41. The van der Waals surface area contributed by atoms with Gasteiger partial charge in [-0.05, 0) is 26.0 Å². The molecule has 0 saturated heterocycles. The van der Waals surface area contributed by atoms with E-state index in [9.17, 15) is 14.9 Å². The topological polar surface area (TPSA) is 107 Å². The third-order valence-corrected chi connectivity index (χ3v) is 3.94. The van der Waals surface area contributed by atoms with E-state index in [-0.39, 0.29) is 18.1 Å². The first-order valence-electron chi connectivity index (χ1n) is 7.83. The lowest BCUT2D eigenvalue weighted by molar-refractivity contribution is -0.386. The van der Waals surface area contributed by atoms with Crippen LogP contribution in [0.15, 0.2) is 30.6 Å². The molecule has 3 rings (SSSR count). The van der Waals surface area contributed by atoms with E-state index in [0.29, 0.717) is 24.4 Å². The summed E-state index contributed by atoms with van der Waals surface area (Å²) in [7, 11) is 0. The molecule has 0 aliphatic heterocycles. The lowest BCUT2D eigenvalue weighted by Crippen LogP contribution is -2.30. The number of aryl methyl sites for hydroxylation is 1. The first-order valence-corrected chi connectivity index (χ1v) is 7.83. The molecule has 1 amide bonds. The Morgan fingerprint density at radius 1 is 1.36 bits per heavy atom. The number of carbonyl (C=O) groups is 1. The molecule has 3 aromatic heterocycles. The normalized spacial score (nSPS) is 11.0. The molecule has 0 spiro atoms. The smallest absolute Gasteiger partial charge is 0.312 e. The minimum Gasteiger partial charge on any atom is -0.354 e. The molecule has 0 aliphatic rings. The van der Waals surface area contributed by atoms with Crippen molar-refractivity contribution >= 4 is 17.2 Å². The summed E-state index contributed by atoms with van der Waals surface area (Å²) in [6.45, 7) is 3.53. The molecule has 0 unspecified atom stereocenters. The summed E-state index contributed by atoms with van der Waals surface area (Å²) >= 11 is 0. The molecule has 9 nitrogen and oxygen atoms in total. The van der Waals surface area contributed by atoms with Gasteiger partial charge in [-0.3, -0.25) is 19.6 Å². The van der Waals surface area contributed by atoms with Crippen LogP contribution >= 0.6 is 0 Å². The standard InChI is InChI=1S/C16H18N6O3/c1-11-16(22(24)25)12(2)21(19-11)10-15(23)17-7-6-13-9-20-8-4-3-5-14(20)18-13/h3-5,8-9H,6-7,10H2,1-2H3,(H,17,23). The quantitative estimate of drug-likeness (QED) is 0.538. The second-order valence-electron chi connectivity index (χ2n) is 5.73. The molecule has 0 fully saturated rings. The fraction of sp³-hybridized carbons (Fsp3) is 0.312. The molecule has 0 bridgehead atoms. The van der Waals surface area contributed by atoms with Gasteiger partial charge in [0.25, 0.3) is 0 Å². The monoisotopic (exact) mass is 342 g/mol. The van der Waals surface area contributed by atoms with Crippen LogP contribution in [-0.2, 0) is 17.8 Å². The van der Waals surface area contributed by atoms with E-state index in [4.69, 9.17) is 0 Å². The molecular weight excluding hydrogens is 324 g/mol. The van der Waals surface area contributed by atoms with Crippen LogP contribution in [0.1, 0.15) is 17.1 Å². The number of carbonyl (C=O) groups excluding carboxylic acids is 1. The first-order chi connectivity index (χ1) is 12.0. The lowest BCUT2D eigenvalue weighted by atomic mass is 10.3. The Morgan fingerprint density at radius 3 is 2.84 bits per heavy atom. The Bertz CT molecular complexity index is 910. The molecule has 0 aliphatic carbocycles. The van der Waals surface area contributed by atoms with E-state index >= 15 is 0 Å². The van der Waals surface area contributed by atoms with Crippen LogP contribution in [0, 0.1) is 24.0 Å². The van der Waals surface area contributed by atoms with Crippen molar-refractivity contribution in [3.05, 3.63) is 57.8 Å². The molecule has 130 valence electrons. The Balaban J connectivity index is 1.56. The van der Waals surface area contributed by atoms with Crippen LogP contribution in [0.4, 0.5) is 5.69 Å². The summed E-state index contributed by atoms with van der Waals surface area (Å²) in [4.78, 5) is 27.0. The highest BCUT2D eigenvalue weighted by molar-refractivity contribution is 5.75. The van der Waals surface area contributed by atoms with Gasteiger partial charge in [0.15, 0.2) is 0 Å². The zero-order valence-corrected chi connectivity index (χ0v) is 14.0. The van der Waals surface area contributed by atoms with Crippen LogP contribution < -0.4 is 5.32 Å². The van der Waals surface area contributed by atoms with E-state index in [1.165, 1.54) is 4.68 Å². The van der Waals surface area contributed by atoms with Crippen LogP contribution in [0.25, 0.3) is 5.65 Å². The first kappa shape index (κ1) is 16.6. The highest BCUT2D eigenvalue weighted by atomic mass is 16.6. The predicted molar refractivity (Wildman–Crippen MR) is 90.3 cm³/mol. The Hall–Kier alpha value is -3.23. The maximum atomic E-state index is 12.1. The number of nitro groups is 1. The van der Waals surface area contributed by atoms with Crippen LogP contribution in [-0.4, -0.2) is 36.5 Å². The number of pyridine rings is 1. The Morgan fingerprint density at radius 2 is 2.16 bits per heavy atom. The summed E-state index contributed by atoms with van der Waals surface area (Å²) in [5.74, 6) is -0.246. The third-order valence-electron chi connectivity index (χ3n) is 3.94. The van der Waals surface area contributed by atoms with Gasteiger partial charge in [0, 0.05) is 25.4 Å². The zero-order chi connectivity index (χ0) is 18.0. The minimum atomic E-state index is -0.477. The molecule has 25 heavy (non-hydrogen) atoms. The van der Waals surface area contributed by atoms with E-state index in [1.54, 1.807) is 13.8 Å².